The molecule has 25 heavy (non-hydrogen) atoms. The number of furan rings is 1. The fourth-order valence-electron chi connectivity index (χ4n) is 2.34. The molecule has 0 radical (unpaired) electrons. The molecule has 2 rings (SSSR count). The van der Waals surface area contributed by atoms with Crippen LogP contribution in [0.5, 0.6) is 5.75 Å². The molecule has 1 heterocycles. The first kappa shape index (κ1) is 19.3. The van der Waals surface area contributed by atoms with E-state index in [1.165, 1.54) is 0 Å². The predicted octanol–water partition coefficient (Wildman–Crippen LogP) is 4.40. The fourth-order valence-corrected chi connectivity index (χ4v) is 2.75. The highest BCUT2D eigenvalue weighted by molar-refractivity contribution is 9.10. The van der Waals surface area contributed by atoms with Gasteiger partial charge < -0.3 is 18.6 Å². The maximum atomic E-state index is 12.4. The molecule has 0 aliphatic rings. The predicted molar refractivity (Wildman–Crippen MR) is 95.9 cm³/mol. The van der Waals surface area contributed by atoms with E-state index in [2.05, 4.69) is 15.9 Å². The summed E-state index contributed by atoms with van der Waals surface area (Å²) in [5.74, 6) is -0.0501. The number of esters is 2. The van der Waals surface area contributed by atoms with Crippen molar-refractivity contribution in [2.24, 2.45) is 0 Å². The second-order valence-electron chi connectivity index (χ2n) is 5.78. The Balaban J connectivity index is 2.41. The van der Waals surface area contributed by atoms with Crippen molar-refractivity contribution in [1.82, 2.24) is 0 Å². The van der Waals surface area contributed by atoms with E-state index in [0.717, 1.165) is 0 Å². The van der Waals surface area contributed by atoms with Crippen LogP contribution in [0.15, 0.2) is 21.0 Å². The zero-order valence-electron chi connectivity index (χ0n) is 14.8. The van der Waals surface area contributed by atoms with Gasteiger partial charge in [0.05, 0.1) is 17.2 Å². The van der Waals surface area contributed by atoms with Crippen molar-refractivity contribution < 1.29 is 28.2 Å². The Morgan fingerprint density at radius 2 is 1.92 bits per heavy atom. The zero-order valence-corrected chi connectivity index (χ0v) is 16.4. The normalized spacial score (nSPS) is 12.3. The van der Waals surface area contributed by atoms with Crippen molar-refractivity contribution in [2.75, 3.05) is 6.61 Å². The van der Waals surface area contributed by atoms with Gasteiger partial charge in [0.15, 0.2) is 6.10 Å². The van der Waals surface area contributed by atoms with E-state index in [-0.39, 0.29) is 12.7 Å². The van der Waals surface area contributed by atoms with Gasteiger partial charge in [-0.25, -0.2) is 9.59 Å². The molecular weight excluding hydrogens is 392 g/mol. The Bertz CT molecular complexity index is 792. The number of rotatable bonds is 6. The first-order valence-corrected chi connectivity index (χ1v) is 8.80. The number of carbonyl (C=O) groups is 2. The number of aryl methyl sites for hydroxylation is 1. The van der Waals surface area contributed by atoms with Gasteiger partial charge in [0.1, 0.15) is 22.7 Å². The number of halogens is 1. The summed E-state index contributed by atoms with van der Waals surface area (Å²) in [7, 11) is 0. The molecule has 0 fully saturated rings. The molecule has 0 amide bonds. The topological polar surface area (TPSA) is 75.0 Å². The molecule has 0 bridgehead atoms. The van der Waals surface area contributed by atoms with Crippen molar-refractivity contribution in [1.29, 1.82) is 0 Å². The van der Waals surface area contributed by atoms with E-state index in [0.29, 0.717) is 32.5 Å². The van der Waals surface area contributed by atoms with Crippen molar-refractivity contribution in [3.05, 3.63) is 27.9 Å². The molecule has 2 aromatic rings. The third-order valence-corrected chi connectivity index (χ3v) is 4.01. The minimum atomic E-state index is -0.784. The van der Waals surface area contributed by atoms with Crippen LogP contribution in [0.4, 0.5) is 0 Å². The highest BCUT2D eigenvalue weighted by Crippen LogP contribution is 2.36. The SMILES string of the molecule is CCOC(=O)[C@@H](C)Oc1cc2c(C(=O)OC(C)C)c(C)oc2cc1Br. The third-order valence-electron chi connectivity index (χ3n) is 3.39. The highest BCUT2D eigenvalue weighted by atomic mass is 79.9. The lowest BCUT2D eigenvalue weighted by Gasteiger charge is -2.14. The summed E-state index contributed by atoms with van der Waals surface area (Å²) in [5.41, 5.74) is 0.876. The quantitative estimate of drug-likeness (QED) is 0.654. The molecule has 1 atom stereocenters. The van der Waals surface area contributed by atoms with Gasteiger partial charge in [0, 0.05) is 5.39 Å². The summed E-state index contributed by atoms with van der Waals surface area (Å²) in [4.78, 5) is 24.1. The van der Waals surface area contributed by atoms with E-state index in [1.54, 1.807) is 46.8 Å². The van der Waals surface area contributed by atoms with E-state index in [9.17, 15) is 9.59 Å². The lowest BCUT2D eigenvalue weighted by Crippen LogP contribution is -2.26. The van der Waals surface area contributed by atoms with Gasteiger partial charge in [-0.05, 0) is 62.7 Å². The van der Waals surface area contributed by atoms with Gasteiger partial charge in [-0.2, -0.15) is 0 Å². The van der Waals surface area contributed by atoms with Crippen LogP contribution in [0, 0.1) is 6.92 Å². The molecule has 0 saturated heterocycles. The van der Waals surface area contributed by atoms with Crippen molar-refractivity contribution in [3.8, 4) is 5.75 Å². The molecule has 0 N–H and O–H groups in total. The highest BCUT2D eigenvalue weighted by Gasteiger charge is 2.23. The summed E-state index contributed by atoms with van der Waals surface area (Å²) in [5, 5.41) is 0.567. The maximum Gasteiger partial charge on any atom is 0.347 e. The Hall–Kier alpha value is -2.02. The average Bonchev–Trinajstić information content (AvgIpc) is 2.81. The first-order valence-electron chi connectivity index (χ1n) is 8.01. The molecule has 1 aromatic heterocycles. The number of benzene rings is 1. The van der Waals surface area contributed by atoms with E-state index in [1.807, 2.05) is 0 Å². The first-order chi connectivity index (χ1) is 11.7. The Labute approximate surface area is 154 Å². The van der Waals surface area contributed by atoms with E-state index < -0.39 is 18.0 Å². The Morgan fingerprint density at radius 3 is 2.52 bits per heavy atom. The number of carbonyl (C=O) groups excluding carboxylic acids is 2. The lowest BCUT2D eigenvalue weighted by molar-refractivity contribution is -0.150. The van der Waals surface area contributed by atoms with Gasteiger partial charge in [-0.15, -0.1) is 0 Å². The number of hydrogen-bond donors (Lipinski definition) is 0. The minimum Gasteiger partial charge on any atom is -0.478 e. The maximum absolute atomic E-state index is 12.4. The summed E-state index contributed by atoms with van der Waals surface area (Å²) in [6.07, 6.45) is -1.03. The van der Waals surface area contributed by atoms with Gasteiger partial charge >= 0.3 is 11.9 Å². The molecule has 136 valence electrons. The average molecular weight is 413 g/mol. The largest absolute Gasteiger partial charge is 0.478 e. The molecule has 0 spiro atoms. The van der Waals surface area contributed by atoms with Crippen LogP contribution in [0.3, 0.4) is 0 Å². The van der Waals surface area contributed by atoms with Crippen LogP contribution in [0.25, 0.3) is 11.0 Å². The Morgan fingerprint density at radius 1 is 1.24 bits per heavy atom. The standard InChI is InChI=1S/C18H21BrO6/c1-6-22-17(20)11(5)25-15-7-12-14(8-13(15)19)24-10(4)16(12)18(21)23-9(2)3/h7-9,11H,6H2,1-5H3/t11-/m1/s1. The van der Waals surface area contributed by atoms with E-state index in [4.69, 9.17) is 18.6 Å². The zero-order chi connectivity index (χ0) is 18.7. The van der Waals surface area contributed by atoms with Crippen molar-refractivity contribution in [2.45, 2.75) is 46.8 Å². The number of fused-ring (bicyclic) bond motifs is 1. The van der Waals surface area contributed by atoms with Gasteiger partial charge in [0.2, 0.25) is 0 Å². The summed E-state index contributed by atoms with van der Waals surface area (Å²) in [6.45, 7) is 8.87. The molecule has 0 aliphatic heterocycles. The molecular formula is C18H21BrO6. The molecule has 1 aromatic carbocycles. The van der Waals surface area contributed by atoms with Crippen molar-refractivity contribution >= 4 is 38.8 Å². The third kappa shape index (κ3) is 4.34. The molecule has 0 aliphatic carbocycles. The van der Waals surface area contributed by atoms with Crippen LogP contribution in [-0.2, 0) is 14.3 Å². The fraction of sp³-hybridized carbons (Fsp3) is 0.444. The molecule has 7 heteroatoms. The summed E-state index contributed by atoms with van der Waals surface area (Å²) in [6, 6.07) is 3.35. The molecule has 6 nitrogen and oxygen atoms in total. The molecule has 0 unspecified atom stereocenters. The van der Waals surface area contributed by atoms with Crippen LogP contribution in [-0.4, -0.2) is 30.8 Å². The van der Waals surface area contributed by atoms with Crippen LogP contribution < -0.4 is 4.74 Å². The smallest absolute Gasteiger partial charge is 0.347 e. The minimum absolute atomic E-state index is 0.244. The van der Waals surface area contributed by atoms with Crippen molar-refractivity contribution in [3.63, 3.8) is 0 Å². The second kappa shape index (κ2) is 7.91. The van der Waals surface area contributed by atoms with Crippen LogP contribution >= 0.6 is 15.9 Å². The monoisotopic (exact) mass is 412 g/mol. The lowest BCUT2D eigenvalue weighted by atomic mass is 10.1. The second-order valence-corrected chi connectivity index (χ2v) is 6.63. The van der Waals surface area contributed by atoms with Crippen LogP contribution in [0.1, 0.15) is 43.8 Å². The molecule has 0 saturated carbocycles. The van der Waals surface area contributed by atoms with E-state index >= 15 is 0 Å². The van der Waals surface area contributed by atoms with Gasteiger partial charge in [-0.3, -0.25) is 0 Å². The summed E-state index contributed by atoms with van der Waals surface area (Å²) >= 11 is 3.39. The number of hydrogen-bond acceptors (Lipinski definition) is 6. The van der Waals surface area contributed by atoms with Gasteiger partial charge in [0.25, 0.3) is 0 Å². The Kier molecular flexibility index (Phi) is 6.11. The van der Waals surface area contributed by atoms with Gasteiger partial charge in [-0.1, -0.05) is 0 Å². The summed E-state index contributed by atoms with van der Waals surface area (Å²) < 4.78 is 22.2. The van der Waals surface area contributed by atoms with Crippen LogP contribution in [0.2, 0.25) is 0 Å². The number of ether oxygens (including phenoxy) is 3.